The zero-order valence-corrected chi connectivity index (χ0v) is 5.71. The van der Waals surface area contributed by atoms with Crippen molar-refractivity contribution in [3.8, 4) is 0 Å². The molecule has 1 nitrogen and oxygen atoms in total. The molecule has 1 aliphatic rings. The zero-order chi connectivity index (χ0) is 6.69. The highest BCUT2D eigenvalue weighted by Gasteiger charge is 2.34. The summed E-state index contributed by atoms with van der Waals surface area (Å²) >= 11 is 0. The Morgan fingerprint density at radius 3 is 2.89 bits per heavy atom. The molecule has 0 spiro atoms. The molecule has 1 saturated carbocycles. The van der Waals surface area contributed by atoms with Crippen molar-refractivity contribution in [2.45, 2.75) is 19.8 Å². The van der Waals surface area contributed by atoms with Crippen LogP contribution in [0.5, 0.6) is 0 Å². The molecule has 50 valence electrons. The predicted octanol–water partition coefficient (Wildman–Crippen LogP) is 1.79. The third-order valence-corrected chi connectivity index (χ3v) is 1.83. The van der Waals surface area contributed by atoms with Gasteiger partial charge in [-0.05, 0) is 25.7 Å². The van der Waals surface area contributed by atoms with Gasteiger partial charge in [-0.3, -0.25) is 0 Å². The molecule has 0 aromatic rings. The average Bonchev–Trinajstić information content (AvgIpc) is 2.62. The first-order chi connectivity index (χ1) is 4.38. The Kier molecular flexibility index (Phi) is 2.04. The summed E-state index contributed by atoms with van der Waals surface area (Å²) < 4.78 is 0. The van der Waals surface area contributed by atoms with Crippen LogP contribution in [0.15, 0.2) is 12.2 Å². The van der Waals surface area contributed by atoms with E-state index in [2.05, 4.69) is 6.08 Å². The van der Waals surface area contributed by atoms with Crippen molar-refractivity contribution < 1.29 is 4.79 Å². The molecule has 1 rings (SSSR count). The van der Waals surface area contributed by atoms with Gasteiger partial charge in [-0.2, -0.15) is 0 Å². The number of aldehydes is 1. The topological polar surface area (TPSA) is 17.1 Å². The molecule has 2 atom stereocenters. The van der Waals surface area contributed by atoms with Gasteiger partial charge >= 0.3 is 0 Å². The summed E-state index contributed by atoms with van der Waals surface area (Å²) in [6.07, 6.45) is 7.47. The van der Waals surface area contributed by atoms with Gasteiger partial charge in [-0.25, -0.2) is 0 Å². The molecular formula is C8H12O. The van der Waals surface area contributed by atoms with Crippen molar-refractivity contribution in [1.29, 1.82) is 0 Å². The number of carbonyl (C=O) groups is 1. The smallest absolute Gasteiger partial charge is 0.123 e. The summed E-state index contributed by atoms with van der Waals surface area (Å²) in [5, 5.41) is 0. The van der Waals surface area contributed by atoms with Crippen LogP contribution in [0.2, 0.25) is 0 Å². The third-order valence-electron chi connectivity index (χ3n) is 1.83. The van der Waals surface area contributed by atoms with Crippen LogP contribution < -0.4 is 0 Å². The second-order valence-corrected chi connectivity index (χ2v) is 2.60. The fraction of sp³-hybridized carbons (Fsp3) is 0.625. The second-order valence-electron chi connectivity index (χ2n) is 2.60. The van der Waals surface area contributed by atoms with Crippen molar-refractivity contribution in [2.24, 2.45) is 11.8 Å². The standard InChI is InChI=1S/C8H12O/c1-2-3-4-7-5-8(7)6-9/h2-3,6-8H,4-5H2,1H3/b3-2+. The van der Waals surface area contributed by atoms with Crippen LogP contribution in [-0.2, 0) is 4.79 Å². The number of hydrogen-bond donors (Lipinski definition) is 0. The summed E-state index contributed by atoms with van der Waals surface area (Å²) in [5.41, 5.74) is 0. The first kappa shape index (κ1) is 6.53. The molecule has 0 bridgehead atoms. The van der Waals surface area contributed by atoms with Gasteiger partial charge in [0.05, 0.1) is 0 Å². The van der Waals surface area contributed by atoms with Gasteiger partial charge in [0.15, 0.2) is 0 Å². The number of allylic oxidation sites excluding steroid dienone is 2. The van der Waals surface area contributed by atoms with Gasteiger partial charge in [0.1, 0.15) is 6.29 Å². The van der Waals surface area contributed by atoms with Gasteiger partial charge in [0.2, 0.25) is 0 Å². The second kappa shape index (κ2) is 2.81. The van der Waals surface area contributed by atoms with Crippen molar-refractivity contribution in [2.75, 3.05) is 0 Å². The zero-order valence-electron chi connectivity index (χ0n) is 5.71. The van der Waals surface area contributed by atoms with E-state index in [-0.39, 0.29) is 0 Å². The highest BCUT2D eigenvalue weighted by atomic mass is 16.1. The molecule has 0 amide bonds. The van der Waals surface area contributed by atoms with E-state index in [0.717, 1.165) is 19.1 Å². The molecular weight excluding hydrogens is 112 g/mol. The summed E-state index contributed by atoms with van der Waals surface area (Å²) in [5.74, 6) is 1.07. The van der Waals surface area contributed by atoms with Crippen LogP contribution in [0.25, 0.3) is 0 Å². The fourth-order valence-electron chi connectivity index (χ4n) is 1.02. The Morgan fingerprint density at radius 2 is 2.44 bits per heavy atom. The molecule has 0 N–H and O–H groups in total. The molecule has 1 aliphatic carbocycles. The van der Waals surface area contributed by atoms with E-state index in [1.54, 1.807) is 0 Å². The largest absolute Gasteiger partial charge is 0.303 e. The van der Waals surface area contributed by atoms with Gasteiger partial charge in [-0.15, -0.1) is 0 Å². The number of carbonyl (C=O) groups excluding carboxylic acids is 1. The van der Waals surface area contributed by atoms with E-state index in [1.165, 1.54) is 0 Å². The highest BCUT2D eigenvalue weighted by molar-refractivity contribution is 5.58. The SMILES string of the molecule is C/C=C/CC1CC1C=O. The van der Waals surface area contributed by atoms with E-state index < -0.39 is 0 Å². The van der Waals surface area contributed by atoms with Crippen LogP contribution in [0.4, 0.5) is 0 Å². The maximum absolute atomic E-state index is 10.1. The summed E-state index contributed by atoms with van der Waals surface area (Å²) in [4.78, 5) is 10.1. The van der Waals surface area contributed by atoms with Crippen molar-refractivity contribution in [3.63, 3.8) is 0 Å². The monoisotopic (exact) mass is 124 g/mol. The van der Waals surface area contributed by atoms with E-state index in [1.807, 2.05) is 13.0 Å². The third kappa shape index (κ3) is 1.67. The lowest BCUT2D eigenvalue weighted by molar-refractivity contribution is -0.109. The fourth-order valence-corrected chi connectivity index (χ4v) is 1.02. The van der Waals surface area contributed by atoms with Crippen molar-refractivity contribution >= 4 is 6.29 Å². The van der Waals surface area contributed by atoms with Gasteiger partial charge in [-0.1, -0.05) is 12.2 Å². The molecule has 0 aromatic heterocycles. The van der Waals surface area contributed by atoms with Crippen LogP contribution in [0, 0.1) is 11.8 Å². The van der Waals surface area contributed by atoms with Crippen LogP contribution >= 0.6 is 0 Å². The van der Waals surface area contributed by atoms with E-state index in [4.69, 9.17) is 0 Å². The first-order valence-corrected chi connectivity index (χ1v) is 3.45. The van der Waals surface area contributed by atoms with E-state index in [0.29, 0.717) is 11.8 Å². The Morgan fingerprint density at radius 1 is 1.67 bits per heavy atom. The number of rotatable bonds is 3. The molecule has 2 unspecified atom stereocenters. The lowest BCUT2D eigenvalue weighted by atomic mass is 10.2. The molecule has 9 heavy (non-hydrogen) atoms. The minimum atomic E-state index is 0.390. The number of hydrogen-bond acceptors (Lipinski definition) is 1. The molecule has 1 heteroatoms. The van der Waals surface area contributed by atoms with Crippen LogP contribution in [0.3, 0.4) is 0 Å². The summed E-state index contributed by atoms with van der Waals surface area (Å²) in [7, 11) is 0. The molecule has 0 aromatic carbocycles. The average molecular weight is 124 g/mol. The Labute approximate surface area is 55.8 Å². The van der Waals surface area contributed by atoms with Crippen molar-refractivity contribution in [1.82, 2.24) is 0 Å². The normalized spacial score (nSPS) is 33.0. The Bertz CT molecular complexity index is 127. The highest BCUT2D eigenvalue weighted by Crippen LogP contribution is 2.39. The maximum Gasteiger partial charge on any atom is 0.123 e. The lowest BCUT2D eigenvalue weighted by Gasteiger charge is -1.83. The minimum Gasteiger partial charge on any atom is -0.303 e. The van der Waals surface area contributed by atoms with Crippen LogP contribution in [-0.4, -0.2) is 6.29 Å². The maximum atomic E-state index is 10.1. The molecule has 0 aliphatic heterocycles. The minimum absolute atomic E-state index is 0.390. The van der Waals surface area contributed by atoms with Gasteiger partial charge in [0, 0.05) is 5.92 Å². The van der Waals surface area contributed by atoms with Gasteiger partial charge in [0.25, 0.3) is 0 Å². The van der Waals surface area contributed by atoms with E-state index in [9.17, 15) is 4.79 Å². The Balaban J connectivity index is 2.12. The summed E-state index contributed by atoms with van der Waals surface area (Å²) in [6, 6.07) is 0. The summed E-state index contributed by atoms with van der Waals surface area (Å²) in [6.45, 7) is 2.01. The molecule has 0 radical (unpaired) electrons. The molecule has 0 heterocycles. The first-order valence-electron chi connectivity index (χ1n) is 3.45. The quantitative estimate of drug-likeness (QED) is 0.414. The van der Waals surface area contributed by atoms with E-state index >= 15 is 0 Å². The van der Waals surface area contributed by atoms with Crippen molar-refractivity contribution in [3.05, 3.63) is 12.2 Å². The Hall–Kier alpha value is -0.590. The van der Waals surface area contributed by atoms with Gasteiger partial charge < -0.3 is 4.79 Å². The lowest BCUT2D eigenvalue weighted by Crippen LogP contribution is -1.79. The van der Waals surface area contributed by atoms with Crippen LogP contribution in [0.1, 0.15) is 19.8 Å². The molecule has 0 saturated heterocycles. The predicted molar refractivity (Wildman–Crippen MR) is 37.1 cm³/mol. The molecule has 1 fully saturated rings.